The molecule has 1 amide bonds. The van der Waals surface area contributed by atoms with Crippen molar-refractivity contribution in [3.63, 3.8) is 0 Å². The Labute approximate surface area is 187 Å². The summed E-state index contributed by atoms with van der Waals surface area (Å²) in [5.74, 6) is 0.385. The zero-order valence-electron chi connectivity index (χ0n) is 17.4. The number of rotatable bonds is 9. The molecule has 1 heterocycles. The number of amides is 1. The van der Waals surface area contributed by atoms with Crippen LogP contribution in [0.5, 0.6) is 5.75 Å². The molecule has 0 aliphatic carbocycles. The third-order valence-electron chi connectivity index (χ3n) is 4.45. The third-order valence-corrected chi connectivity index (χ3v) is 6.58. The van der Waals surface area contributed by atoms with Gasteiger partial charge in [0.05, 0.1) is 17.1 Å². The van der Waals surface area contributed by atoms with Gasteiger partial charge in [-0.05, 0) is 48.9 Å². The smallest absolute Gasteiger partial charge is 0.256 e. The molecule has 0 atom stereocenters. The molecule has 162 valence electrons. The summed E-state index contributed by atoms with van der Waals surface area (Å²) in [7, 11) is -1.53. The molecule has 6 nitrogen and oxygen atoms in total. The zero-order chi connectivity index (χ0) is 22.3. The maximum atomic E-state index is 12.9. The molecule has 0 aliphatic rings. The highest BCUT2D eigenvalue weighted by atomic mass is 32.2. The van der Waals surface area contributed by atoms with Crippen LogP contribution >= 0.6 is 11.8 Å². The quantitative estimate of drug-likeness (QED) is 0.450. The van der Waals surface area contributed by atoms with Crippen LogP contribution in [0.1, 0.15) is 16.8 Å². The van der Waals surface area contributed by atoms with Gasteiger partial charge in [-0.15, -0.1) is 0 Å². The van der Waals surface area contributed by atoms with E-state index in [4.69, 9.17) is 4.74 Å². The fourth-order valence-corrected chi connectivity index (χ4v) is 4.38. The summed E-state index contributed by atoms with van der Waals surface area (Å²) in [5.41, 5.74) is 0.556. The Morgan fingerprint density at radius 3 is 2.58 bits per heavy atom. The maximum Gasteiger partial charge on any atom is 0.256 e. The standard InChI is InChI=1S/C23H24N2O4S2/c1-25(15-8-16-29-18-9-6-12-20(17-18)31(2,27)28)23(26)21-13-7-14-24-22(21)30-19-10-4-3-5-11-19/h3-7,9-14,17H,8,15-16H2,1-2H3. The van der Waals surface area contributed by atoms with Crippen molar-refractivity contribution in [2.45, 2.75) is 21.2 Å². The van der Waals surface area contributed by atoms with E-state index in [1.807, 2.05) is 30.3 Å². The number of nitrogens with zero attached hydrogens (tertiary/aromatic N) is 2. The molecule has 1 aromatic heterocycles. The molecule has 0 radical (unpaired) electrons. The van der Waals surface area contributed by atoms with Gasteiger partial charge in [0, 0.05) is 30.9 Å². The Kier molecular flexibility index (Phi) is 7.70. The summed E-state index contributed by atoms with van der Waals surface area (Å²) in [6, 6.07) is 19.7. The minimum absolute atomic E-state index is 0.106. The molecule has 31 heavy (non-hydrogen) atoms. The Morgan fingerprint density at radius 2 is 1.84 bits per heavy atom. The third kappa shape index (κ3) is 6.57. The topological polar surface area (TPSA) is 76.6 Å². The van der Waals surface area contributed by atoms with Crippen molar-refractivity contribution in [2.24, 2.45) is 0 Å². The van der Waals surface area contributed by atoms with Crippen molar-refractivity contribution in [3.05, 3.63) is 78.5 Å². The largest absolute Gasteiger partial charge is 0.493 e. The first-order valence-corrected chi connectivity index (χ1v) is 12.4. The number of carbonyl (C=O) groups is 1. The zero-order valence-corrected chi connectivity index (χ0v) is 19.0. The second-order valence-corrected chi connectivity index (χ2v) is 10.0. The van der Waals surface area contributed by atoms with Crippen LogP contribution in [0.15, 0.2) is 87.7 Å². The van der Waals surface area contributed by atoms with Crippen molar-refractivity contribution in [1.29, 1.82) is 0 Å². The molecule has 0 saturated carbocycles. The highest BCUT2D eigenvalue weighted by molar-refractivity contribution is 7.99. The summed E-state index contributed by atoms with van der Waals surface area (Å²) < 4.78 is 29.0. The first kappa shape index (κ1) is 22.8. The predicted octanol–water partition coefficient (Wildman–Crippen LogP) is 4.18. The van der Waals surface area contributed by atoms with Gasteiger partial charge in [0.25, 0.3) is 5.91 Å². The molecule has 2 aromatic carbocycles. The van der Waals surface area contributed by atoms with Crippen LogP contribution in [0.3, 0.4) is 0 Å². The number of sulfone groups is 1. The number of hydrogen-bond donors (Lipinski definition) is 0. The van der Waals surface area contributed by atoms with Crippen LogP contribution in [0.2, 0.25) is 0 Å². The van der Waals surface area contributed by atoms with Crippen LogP contribution in [-0.4, -0.2) is 50.7 Å². The molecule has 0 N–H and O–H groups in total. The summed E-state index contributed by atoms with van der Waals surface area (Å²) in [6.45, 7) is 0.860. The van der Waals surface area contributed by atoms with E-state index in [9.17, 15) is 13.2 Å². The monoisotopic (exact) mass is 456 g/mol. The first-order valence-electron chi connectivity index (χ1n) is 9.71. The number of aromatic nitrogens is 1. The number of ether oxygens (including phenoxy) is 1. The van der Waals surface area contributed by atoms with E-state index in [1.165, 1.54) is 23.9 Å². The second-order valence-electron chi connectivity index (χ2n) is 6.95. The van der Waals surface area contributed by atoms with E-state index in [2.05, 4.69) is 4.98 Å². The molecule has 0 saturated heterocycles. The van der Waals surface area contributed by atoms with Crippen molar-refractivity contribution < 1.29 is 17.9 Å². The van der Waals surface area contributed by atoms with Gasteiger partial charge in [-0.2, -0.15) is 0 Å². The van der Waals surface area contributed by atoms with E-state index < -0.39 is 9.84 Å². The van der Waals surface area contributed by atoms with Gasteiger partial charge < -0.3 is 9.64 Å². The van der Waals surface area contributed by atoms with Crippen LogP contribution in [0, 0.1) is 0 Å². The molecule has 0 spiro atoms. The lowest BCUT2D eigenvalue weighted by molar-refractivity contribution is 0.0783. The number of hydrogen-bond acceptors (Lipinski definition) is 6. The lowest BCUT2D eigenvalue weighted by Crippen LogP contribution is -2.29. The lowest BCUT2D eigenvalue weighted by atomic mass is 10.2. The number of pyridine rings is 1. The SMILES string of the molecule is CN(CCCOc1cccc(S(C)(=O)=O)c1)C(=O)c1cccnc1Sc1ccccc1. The van der Waals surface area contributed by atoms with E-state index in [-0.39, 0.29) is 10.8 Å². The average Bonchev–Trinajstić information content (AvgIpc) is 2.77. The van der Waals surface area contributed by atoms with E-state index >= 15 is 0 Å². The minimum atomic E-state index is -3.28. The Balaban J connectivity index is 1.56. The van der Waals surface area contributed by atoms with Crippen molar-refractivity contribution >= 4 is 27.5 Å². The van der Waals surface area contributed by atoms with Crippen LogP contribution < -0.4 is 4.74 Å². The highest BCUT2D eigenvalue weighted by Gasteiger charge is 2.17. The van der Waals surface area contributed by atoms with Crippen molar-refractivity contribution in [1.82, 2.24) is 9.88 Å². The van der Waals surface area contributed by atoms with E-state index in [0.717, 1.165) is 11.2 Å². The summed E-state index contributed by atoms with van der Waals surface area (Å²) >= 11 is 1.46. The Hall–Kier alpha value is -2.84. The number of benzene rings is 2. The normalized spacial score (nSPS) is 11.2. The molecule has 0 bridgehead atoms. The van der Waals surface area contributed by atoms with E-state index in [0.29, 0.717) is 35.9 Å². The van der Waals surface area contributed by atoms with Gasteiger partial charge in [0.15, 0.2) is 9.84 Å². The second kappa shape index (κ2) is 10.5. The van der Waals surface area contributed by atoms with Crippen LogP contribution in [-0.2, 0) is 9.84 Å². The van der Waals surface area contributed by atoms with Crippen molar-refractivity contribution in [2.75, 3.05) is 26.5 Å². The summed E-state index contributed by atoms with van der Waals surface area (Å²) in [4.78, 5) is 20.2. The molecule has 0 unspecified atom stereocenters. The molecule has 0 fully saturated rings. The molecule has 0 aliphatic heterocycles. The average molecular weight is 457 g/mol. The Morgan fingerprint density at radius 1 is 1.06 bits per heavy atom. The van der Waals surface area contributed by atoms with Crippen LogP contribution in [0.25, 0.3) is 0 Å². The number of carbonyl (C=O) groups excluding carboxylic acids is 1. The summed E-state index contributed by atoms with van der Waals surface area (Å²) in [6.07, 6.45) is 3.45. The minimum Gasteiger partial charge on any atom is -0.493 e. The molecule has 3 rings (SSSR count). The van der Waals surface area contributed by atoms with Gasteiger partial charge in [-0.3, -0.25) is 4.79 Å². The highest BCUT2D eigenvalue weighted by Crippen LogP contribution is 2.28. The molecule has 3 aromatic rings. The molecular formula is C23H24N2O4S2. The van der Waals surface area contributed by atoms with Gasteiger partial charge in [0.1, 0.15) is 10.8 Å². The predicted molar refractivity (Wildman–Crippen MR) is 121 cm³/mol. The van der Waals surface area contributed by atoms with Crippen molar-refractivity contribution in [3.8, 4) is 5.75 Å². The van der Waals surface area contributed by atoms with Crippen LogP contribution in [0.4, 0.5) is 0 Å². The molecule has 8 heteroatoms. The van der Waals surface area contributed by atoms with Gasteiger partial charge in [0.2, 0.25) is 0 Å². The molecular weight excluding hydrogens is 432 g/mol. The van der Waals surface area contributed by atoms with E-state index in [1.54, 1.807) is 42.4 Å². The maximum absolute atomic E-state index is 12.9. The summed E-state index contributed by atoms with van der Waals surface area (Å²) in [5, 5.41) is 0.666. The lowest BCUT2D eigenvalue weighted by Gasteiger charge is -2.18. The first-order chi connectivity index (χ1) is 14.8. The fourth-order valence-electron chi connectivity index (χ4n) is 2.83. The van der Waals surface area contributed by atoms with Gasteiger partial charge in [-0.25, -0.2) is 13.4 Å². The Bertz CT molecular complexity index is 1140. The van der Waals surface area contributed by atoms with Gasteiger partial charge >= 0.3 is 0 Å². The fraction of sp³-hybridized carbons (Fsp3) is 0.217. The van der Waals surface area contributed by atoms with Gasteiger partial charge in [-0.1, -0.05) is 36.0 Å².